The maximum absolute atomic E-state index is 12.3. The zero-order chi connectivity index (χ0) is 10.0. The van der Waals surface area contributed by atoms with Crippen LogP contribution in [0.2, 0.25) is 5.02 Å². The van der Waals surface area contributed by atoms with Gasteiger partial charge in [0.05, 0.1) is 10.7 Å². The van der Waals surface area contributed by atoms with E-state index in [4.69, 9.17) is 17.3 Å². The van der Waals surface area contributed by atoms with Gasteiger partial charge in [-0.1, -0.05) is 27.5 Å². The Labute approximate surface area is 87.2 Å². The summed E-state index contributed by atoms with van der Waals surface area (Å²) in [6.45, 7) is 0. The fourth-order valence-corrected chi connectivity index (χ4v) is 1.64. The lowest BCUT2D eigenvalue weighted by Crippen LogP contribution is -2.02. The zero-order valence-electron chi connectivity index (χ0n) is 6.40. The summed E-state index contributed by atoms with van der Waals surface area (Å²) in [6.07, 6.45) is -1.50. The molecule has 0 saturated carbocycles. The molecule has 0 spiro atoms. The van der Waals surface area contributed by atoms with Crippen LogP contribution in [0, 0.1) is 0 Å². The zero-order valence-corrected chi connectivity index (χ0v) is 8.74. The van der Waals surface area contributed by atoms with Crippen LogP contribution in [-0.4, -0.2) is 4.98 Å². The van der Waals surface area contributed by atoms with E-state index in [1.54, 1.807) is 0 Å². The van der Waals surface area contributed by atoms with Gasteiger partial charge in [0, 0.05) is 17.1 Å². The lowest BCUT2D eigenvalue weighted by molar-refractivity contribution is 0.145. The molecule has 0 aliphatic heterocycles. The van der Waals surface area contributed by atoms with Crippen LogP contribution in [0.4, 0.5) is 14.5 Å². The fraction of sp³-hybridized carbons (Fsp3) is 0.286. The largest absolute Gasteiger partial charge is 0.397 e. The number of aromatic nitrogens is 1. The second-order valence-corrected chi connectivity index (χ2v) is 3.29. The Morgan fingerprint density at radius 3 is 2.69 bits per heavy atom. The van der Waals surface area contributed by atoms with Gasteiger partial charge in [0.25, 0.3) is 6.43 Å². The van der Waals surface area contributed by atoms with Crippen LogP contribution in [-0.2, 0) is 5.33 Å². The molecule has 0 saturated heterocycles. The van der Waals surface area contributed by atoms with Crippen molar-refractivity contribution in [3.8, 4) is 0 Å². The molecule has 72 valence electrons. The number of nitrogen functional groups attached to an aromatic ring is 1. The lowest BCUT2D eigenvalue weighted by Gasteiger charge is -2.09. The van der Waals surface area contributed by atoms with Crippen molar-refractivity contribution in [2.24, 2.45) is 0 Å². The van der Waals surface area contributed by atoms with E-state index >= 15 is 0 Å². The average Bonchev–Trinajstić information content (AvgIpc) is 2.09. The van der Waals surface area contributed by atoms with E-state index in [2.05, 4.69) is 20.9 Å². The van der Waals surface area contributed by atoms with Gasteiger partial charge in [0.15, 0.2) is 0 Å². The third-order valence-electron chi connectivity index (χ3n) is 1.55. The van der Waals surface area contributed by atoms with Crippen LogP contribution in [0.5, 0.6) is 0 Å². The Hall–Kier alpha value is -0.420. The van der Waals surface area contributed by atoms with Gasteiger partial charge in [-0.3, -0.25) is 4.98 Å². The third-order valence-corrected chi connectivity index (χ3v) is 2.41. The van der Waals surface area contributed by atoms with Gasteiger partial charge >= 0.3 is 0 Å². The van der Waals surface area contributed by atoms with Crippen molar-refractivity contribution in [1.29, 1.82) is 0 Å². The topological polar surface area (TPSA) is 38.9 Å². The lowest BCUT2D eigenvalue weighted by atomic mass is 10.2. The molecule has 1 aromatic heterocycles. The van der Waals surface area contributed by atoms with Gasteiger partial charge in [0.2, 0.25) is 0 Å². The number of hydrogen-bond acceptors (Lipinski definition) is 2. The standard InChI is InChI=1S/C7H6BrClF2N2/c8-1-3-5(12)4(9)2-13-6(3)7(10)11/h2,7H,1H2,(H2,12,13). The number of rotatable bonds is 2. The van der Waals surface area contributed by atoms with E-state index in [1.807, 2.05) is 0 Å². The molecule has 0 aliphatic carbocycles. The number of nitrogens with two attached hydrogens (primary N) is 1. The number of pyridine rings is 1. The normalized spacial score (nSPS) is 10.8. The SMILES string of the molecule is Nc1c(Cl)cnc(C(F)F)c1CBr. The monoisotopic (exact) mass is 270 g/mol. The quantitative estimate of drug-likeness (QED) is 0.839. The average molecular weight is 271 g/mol. The molecule has 0 bridgehead atoms. The Balaban J connectivity index is 3.30. The van der Waals surface area contributed by atoms with Crippen LogP contribution in [0.3, 0.4) is 0 Å². The Kier molecular flexibility index (Phi) is 3.44. The minimum Gasteiger partial charge on any atom is -0.397 e. The molecule has 2 nitrogen and oxygen atoms in total. The molecule has 2 N–H and O–H groups in total. The van der Waals surface area contributed by atoms with Crippen molar-refractivity contribution in [2.45, 2.75) is 11.8 Å². The first-order valence-corrected chi connectivity index (χ1v) is 4.84. The van der Waals surface area contributed by atoms with Gasteiger partial charge < -0.3 is 5.73 Å². The summed E-state index contributed by atoms with van der Waals surface area (Å²) in [5.41, 5.74) is 5.58. The Bertz CT molecular complexity index is 320. The molecule has 0 fully saturated rings. The van der Waals surface area contributed by atoms with Crippen LogP contribution in [0.25, 0.3) is 0 Å². The van der Waals surface area contributed by atoms with E-state index in [1.165, 1.54) is 0 Å². The van der Waals surface area contributed by atoms with E-state index in [9.17, 15) is 8.78 Å². The molecule has 0 amide bonds. The number of alkyl halides is 3. The highest BCUT2D eigenvalue weighted by Crippen LogP contribution is 2.31. The molecule has 1 aromatic rings. The molecular weight excluding hydrogens is 265 g/mol. The molecule has 6 heteroatoms. The summed E-state index contributed by atoms with van der Waals surface area (Å²) >= 11 is 8.67. The van der Waals surface area contributed by atoms with Crippen molar-refractivity contribution < 1.29 is 8.78 Å². The molecule has 0 aromatic carbocycles. The van der Waals surface area contributed by atoms with Gasteiger partial charge in [-0.2, -0.15) is 0 Å². The van der Waals surface area contributed by atoms with Crippen LogP contribution >= 0.6 is 27.5 Å². The first-order chi connectivity index (χ1) is 6.07. The first kappa shape index (κ1) is 10.7. The first-order valence-electron chi connectivity index (χ1n) is 3.34. The van der Waals surface area contributed by atoms with Crippen LogP contribution in [0.15, 0.2) is 6.20 Å². The number of halogens is 4. The van der Waals surface area contributed by atoms with Gasteiger partial charge in [-0.05, 0) is 0 Å². The summed E-state index contributed by atoms with van der Waals surface area (Å²) in [7, 11) is 0. The van der Waals surface area contributed by atoms with Crippen molar-refractivity contribution in [2.75, 3.05) is 5.73 Å². The maximum Gasteiger partial charge on any atom is 0.280 e. The predicted octanol–water partition coefficient (Wildman–Crippen LogP) is 3.15. The van der Waals surface area contributed by atoms with Crippen molar-refractivity contribution >= 4 is 33.2 Å². The van der Waals surface area contributed by atoms with Crippen molar-refractivity contribution in [3.63, 3.8) is 0 Å². The van der Waals surface area contributed by atoms with Crippen molar-refractivity contribution in [1.82, 2.24) is 4.98 Å². The summed E-state index contributed by atoms with van der Waals surface area (Å²) in [4.78, 5) is 3.52. The molecule has 1 rings (SSSR count). The number of hydrogen-bond donors (Lipinski definition) is 1. The smallest absolute Gasteiger partial charge is 0.280 e. The van der Waals surface area contributed by atoms with E-state index in [-0.39, 0.29) is 27.3 Å². The van der Waals surface area contributed by atoms with Gasteiger partial charge in [-0.25, -0.2) is 8.78 Å². The van der Waals surface area contributed by atoms with E-state index in [0.29, 0.717) is 0 Å². The predicted molar refractivity (Wildman–Crippen MR) is 51.2 cm³/mol. The van der Waals surface area contributed by atoms with Gasteiger partial charge in [0.1, 0.15) is 5.69 Å². The number of anilines is 1. The van der Waals surface area contributed by atoms with Crippen molar-refractivity contribution in [3.05, 3.63) is 22.5 Å². The Morgan fingerprint density at radius 1 is 1.62 bits per heavy atom. The summed E-state index contributed by atoms with van der Waals surface area (Å²) in [6, 6.07) is 0. The fourth-order valence-electron chi connectivity index (χ4n) is 0.884. The number of nitrogens with zero attached hydrogens (tertiary/aromatic N) is 1. The van der Waals surface area contributed by atoms with E-state index in [0.717, 1.165) is 6.20 Å². The second-order valence-electron chi connectivity index (χ2n) is 2.32. The van der Waals surface area contributed by atoms with Crippen LogP contribution in [0.1, 0.15) is 17.7 Å². The molecule has 0 radical (unpaired) electrons. The molecule has 1 heterocycles. The molecule has 0 unspecified atom stereocenters. The highest BCUT2D eigenvalue weighted by atomic mass is 79.9. The summed E-state index contributed by atoms with van der Waals surface area (Å²) in [5, 5.41) is 0.408. The second kappa shape index (κ2) is 4.19. The summed E-state index contributed by atoms with van der Waals surface area (Å²) in [5.74, 6) is 0. The highest BCUT2D eigenvalue weighted by Gasteiger charge is 2.17. The highest BCUT2D eigenvalue weighted by molar-refractivity contribution is 9.08. The minimum absolute atomic E-state index is 0.156. The van der Waals surface area contributed by atoms with E-state index < -0.39 is 6.43 Å². The molecular formula is C7H6BrClF2N2. The third kappa shape index (κ3) is 2.08. The molecule has 0 aliphatic rings. The van der Waals surface area contributed by atoms with Crippen LogP contribution < -0.4 is 5.73 Å². The molecule has 0 atom stereocenters. The minimum atomic E-state index is -2.63. The molecule has 13 heavy (non-hydrogen) atoms. The van der Waals surface area contributed by atoms with Gasteiger partial charge in [-0.15, -0.1) is 0 Å². The Morgan fingerprint density at radius 2 is 2.23 bits per heavy atom. The maximum atomic E-state index is 12.3. The summed E-state index contributed by atoms with van der Waals surface area (Å²) < 4.78 is 24.7.